The van der Waals surface area contributed by atoms with Crippen molar-refractivity contribution < 1.29 is 19.7 Å². The van der Waals surface area contributed by atoms with Crippen LogP contribution in [0.5, 0.6) is 5.75 Å². The molecule has 0 aliphatic heterocycles. The van der Waals surface area contributed by atoms with Gasteiger partial charge in [0.2, 0.25) is 0 Å². The number of aliphatic hydroxyl groups is 2. The van der Waals surface area contributed by atoms with E-state index in [0.717, 1.165) is 19.3 Å². The van der Waals surface area contributed by atoms with Gasteiger partial charge in [-0.1, -0.05) is 0 Å². The van der Waals surface area contributed by atoms with Gasteiger partial charge in [0.1, 0.15) is 18.5 Å². The molecule has 1 aromatic carbocycles. The maximum absolute atomic E-state index is 12.1. The second-order valence-corrected chi connectivity index (χ2v) is 8.24. The van der Waals surface area contributed by atoms with Crippen LogP contribution in [-0.4, -0.2) is 53.2 Å². The number of ether oxygens (including phenoxy) is 1. The smallest absolute Gasteiger partial charge is 0.319 e. The third-order valence-corrected chi connectivity index (χ3v) is 4.40. The summed E-state index contributed by atoms with van der Waals surface area (Å²) in [5, 5.41) is 28.5. The number of nitrogens with one attached hydrogen (secondary N) is 3. The lowest BCUT2D eigenvalue weighted by Crippen LogP contribution is -2.42. The summed E-state index contributed by atoms with van der Waals surface area (Å²) in [6.45, 7) is 6.77. The maximum atomic E-state index is 12.1. The maximum Gasteiger partial charge on any atom is 0.319 e. The minimum Gasteiger partial charge on any atom is -0.491 e. The van der Waals surface area contributed by atoms with Crippen molar-refractivity contribution >= 4 is 11.7 Å². The minimum absolute atomic E-state index is 0.0135. The van der Waals surface area contributed by atoms with Gasteiger partial charge in [-0.15, -0.1) is 0 Å². The molecule has 7 heteroatoms. The molecule has 3 atom stereocenters. The third-order valence-electron chi connectivity index (χ3n) is 4.40. The Morgan fingerprint density at radius 3 is 2.59 bits per heavy atom. The van der Waals surface area contributed by atoms with E-state index in [9.17, 15) is 15.0 Å². The molecule has 0 spiro atoms. The molecule has 2 rings (SSSR count). The Balaban J connectivity index is 1.72. The highest BCUT2D eigenvalue weighted by Crippen LogP contribution is 2.19. The van der Waals surface area contributed by atoms with E-state index in [1.54, 1.807) is 24.3 Å². The number of hydrogen-bond donors (Lipinski definition) is 5. The van der Waals surface area contributed by atoms with E-state index < -0.39 is 6.10 Å². The van der Waals surface area contributed by atoms with E-state index in [1.807, 2.05) is 20.8 Å². The molecule has 1 fully saturated rings. The summed E-state index contributed by atoms with van der Waals surface area (Å²) in [6.07, 6.45) is 2.31. The van der Waals surface area contributed by atoms with Crippen molar-refractivity contribution in [3.05, 3.63) is 24.3 Å². The summed E-state index contributed by atoms with van der Waals surface area (Å²) in [4.78, 5) is 12.1. The van der Waals surface area contributed by atoms with Gasteiger partial charge < -0.3 is 30.9 Å². The van der Waals surface area contributed by atoms with Crippen LogP contribution in [0.25, 0.3) is 0 Å². The highest BCUT2D eigenvalue weighted by atomic mass is 16.5. The zero-order chi connectivity index (χ0) is 19.9. The van der Waals surface area contributed by atoms with Crippen LogP contribution < -0.4 is 20.7 Å². The molecule has 1 aliphatic rings. The molecule has 2 amide bonds. The highest BCUT2D eigenvalue weighted by Gasteiger charge is 2.21. The van der Waals surface area contributed by atoms with Crippen LogP contribution in [-0.2, 0) is 0 Å². The lowest BCUT2D eigenvalue weighted by molar-refractivity contribution is 0.100. The number of rotatable bonds is 7. The lowest BCUT2D eigenvalue weighted by Gasteiger charge is -2.26. The van der Waals surface area contributed by atoms with Crippen LogP contribution in [0.2, 0.25) is 0 Å². The van der Waals surface area contributed by atoms with E-state index >= 15 is 0 Å². The average molecular weight is 380 g/mol. The topological polar surface area (TPSA) is 103 Å². The van der Waals surface area contributed by atoms with Crippen molar-refractivity contribution in [2.75, 3.05) is 18.5 Å². The summed E-state index contributed by atoms with van der Waals surface area (Å²) in [5.74, 6) is 0.631. The number of β-amino-alcohol motifs (C(OH)–C–C–N with tert-alkyl or cyclic N) is 1. The molecule has 27 heavy (non-hydrogen) atoms. The zero-order valence-corrected chi connectivity index (χ0v) is 16.5. The molecule has 0 radical (unpaired) electrons. The van der Waals surface area contributed by atoms with Gasteiger partial charge in [0.15, 0.2) is 0 Å². The largest absolute Gasteiger partial charge is 0.491 e. The van der Waals surface area contributed by atoms with Gasteiger partial charge in [-0.3, -0.25) is 0 Å². The summed E-state index contributed by atoms with van der Waals surface area (Å²) in [5.41, 5.74) is 0.607. The fraction of sp³-hybridized carbons (Fsp3) is 0.650. The minimum atomic E-state index is -0.598. The van der Waals surface area contributed by atoms with Gasteiger partial charge >= 0.3 is 6.03 Å². The predicted molar refractivity (Wildman–Crippen MR) is 106 cm³/mol. The number of aliphatic hydroxyl groups excluding tert-OH is 2. The summed E-state index contributed by atoms with van der Waals surface area (Å²) >= 11 is 0. The molecule has 1 unspecified atom stereocenters. The van der Waals surface area contributed by atoms with Crippen LogP contribution >= 0.6 is 0 Å². The number of benzene rings is 1. The van der Waals surface area contributed by atoms with E-state index in [4.69, 9.17) is 4.74 Å². The van der Waals surface area contributed by atoms with Crippen LogP contribution in [0.3, 0.4) is 0 Å². The van der Waals surface area contributed by atoms with Crippen molar-refractivity contribution in [2.45, 2.75) is 70.2 Å². The summed E-state index contributed by atoms with van der Waals surface area (Å²) in [6, 6.07) is 6.76. The molecule has 1 saturated carbocycles. The molecule has 0 heterocycles. The van der Waals surface area contributed by atoms with E-state index in [0.29, 0.717) is 24.4 Å². The zero-order valence-electron chi connectivity index (χ0n) is 16.5. The highest BCUT2D eigenvalue weighted by molar-refractivity contribution is 5.89. The van der Waals surface area contributed by atoms with Gasteiger partial charge in [0.25, 0.3) is 0 Å². The Morgan fingerprint density at radius 1 is 1.26 bits per heavy atom. The van der Waals surface area contributed by atoms with E-state index in [-0.39, 0.29) is 30.3 Å². The van der Waals surface area contributed by atoms with Gasteiger partial charge in [-0.2, -0.15) is 0 Å². The molecular weight excluding hydrogens is 346 g/mol. The number of carbonyl (C=O) groups is 1. The molecule has 5 N–H and O–H groups in total. The molecule has 1 aliphatic carbocycles. The SMILES string of the molecule is CC(C)(C)NCC(O)COc1ccc(NC(=O)N[C@H]2CCC[C@@H](O)C2)cc1. The number of amides is 2. The van der Waals surface area contributed by atoms with Crippen LogP contribution in [0.1, 0.15) is 46.5 Å². The first kappa shape index (κ1) is 21.5. The van der Waals surface area contributed by atoms with Gasteiger partial charge in [-0.25, -0.2) is 4.79 Å². The molecule has 152 valence electrons. The number of carbonyl (C=O) groups excluding carboxylic acids is 1. The van der Waals surface area contributed by atoms with Gasteiger partial charge in [-0.05, 0) is 70.7 Å². The first-order valence-electron chi connectivity index (χ1n) is 9.63. The fourth-order valence-electron chi connectivity index (χ4n) is 2.96. The molecule has 0 aromatic heterocycles. The first-order chi connectivity index (χ1) is 12.7. The summed E-state index contributed by atoms with van der Waals surface area (Å²) in [7, 11) is 0. The third kappa shape index (κ3) is 8.60. The van der Waals surface area contributed by atoms with E-state index in [1.165, 1.54) is 0 Å². The second-order valence-electron chi connectivity index (χ2n) is 8.24. The van der Waals surface area contributed by atoms with Crippen molar-refractivity contribution in [3.63, 3.8) is 0 Å². The van der Waals surface area contributed by atoms with Crippen LogP contribution in [0.15, 0.2) is 24.3 Å². The molecule has 0 bridgehead atoms. The normalized spacial score (nSPS) is 21.4. The Labute approximate surface area is 161 Å². The van der Waals surface area contributed by atoms with Crippen molar-refractivity contribution in [1.29, 1.82) is 0 Å². The number of hydrogen-bond acceptors (Lipinski definition) is 5. The molecule has 1 aromatic rings. The molecular formula is C20H33N3O4. The van der Waals surface area contributed by atoms with Crippen molar-refractivity contribution in [1.82, 2.24) is 10.6 Å². The van der Waals surface area contributed by atoms with Crippen molar-refractivity contribution in [2.24, 2.45) is 0 Å². The first-order valence-corrected chi connectivity index (χ1v) is 9.63. The quantitative estimate of drug-likeness (QED) is 0.500. The predicted octanol–water partition coefficient (Wildman–Crippen LogP) is 2.24. The standard InChI is InChI=1S/C20H33N3O4/c1-20(2,3)21-12-17(25)13-27-18-9-7-14(8-10-18)22-19(26)23-15-5-4-6-16(24)11-15/h7-10,15-17,21,24-25H,4-6,11-13H2,1-3H3,(H2,22,23,26)/t15-,16+,17?/m0/s1. The molecule has 0 saturated heterocycles. The van der Waals surface area contributed by atoms with Crippen LogP contribution in [0.4, 0.5) is 10.5 Å². The fourth-order valence-corrected chi connectivity index (χ4v) is 2.96. The lowest BCUT2D eigenvalue weighted by atomic mass is 9.93. The Hall–Kier alpha value is -1.83. The Bertz CT molecular complexity index is 586. The number of urea groups is 1. The summed E-state index contributed by atoms with van der Waals surface area (Å²) < 4.78 is 5.58. The monoisotopic (exact) mass is 379 g/mol. The average Bonchev–Trinajstić information content (AvgIpc) is 2.58. The van der Waals surface area contributed by atoms with Crippen LogP contribution in [0, 0.1) is 0 Å². The second kappa shape index (κ2) is 9.92. The van der Waals surface area contributed by atoms with Gasteiger partial charge in [0, 0.05) is 23.8 Å². The van der Waals surface area contributed by atoms with E-state index in [2.05, 4.69) is 16.0 Å². The van der Waals surface area contributed by atoms with Crippen molar-refractivity contribution in [3.8, 4) is 5.75 Å². The Kier molecular flexibility index (Phi) is 7.89. The Morgan fingerprint density at radius 2 is 1.96 bits per heavy atom. The van der Waals surface area contributed by atoms with Gasteiger partial charge in [0.05, 0.1) is 6.10 Å². The number of anilines is 1. The molecule has 7 nitrogen and oxygen atoms in total.